The highest BCUT2D eigenvalue weighted by Crippen LogP contribution is 2.24. The highest BCUT2D eigenvalue weighted by atomic mass is 16.5. The third-order valence-corrected chi connectivity index (χ3v) is 3.70. The maximum absolute atomic E-state index is 8.84. The van der Waals surface area contributed by atoms with Gasteiger partial charge in [-0.25, -0.2) is 4.98 Å². The van der Waals surface area contributed by atoms with Crippen molar-refractivity contribution in [3.05, 3.63) is 78.6 Å². The zero-order valence-corrected chi connectivity index (χ0v) is 13.6. The first-order valence-electron chi connectivity index (χ1n) is 7.93. The van der Waals surface area contributed by atoms with Crippen LogP contribution in [0.1, 0.15) is 5.56 Å². The minimum absolute atomic E-state index is 0.408. The summed E-state index contributed by atoms with van der Waals surface area (Å²) in [6.45, 7) is 0. The van der Waals surface area contributed by atoms with E-state index >= 15 is 0 Å². The second-order valence-corrected chi connectivity index (χ2v) is 5.49. The molecule has 4 rings (SSSR count). The fourth-order valence-corrected chi connectivity index (χ4v) is 2.45. The number of rotatable bonds is 4. The van der Waals surface area contributed by atoms with Crippen molar-refractivity contribution < 1.29 is 4.74 Å². The van der Waals surface area contributed by atoms with Gasteiger partial charge in [-0.2, -0.15) is 10.2 Å². The van der Waals surface area contributed by atoms with Crippen LogP contribution in [0, 0.1) is 11.3 Å². The van der Waals surface area contributed by atoms with Crippen molar-refractivity contribution in [2.24, 2.45) is 0 Å². The highest BCUT2D eigenvalue weighted by Gasteiger charge is 2.04. The molecule has 2 aromatic heterocycles. The highest BCUT2D eigenvalue weighted by molar-refractivity contribution is 5.79. The number of nitriles is 1. The van der Waals surface area contributed by atoms with Crippen molar-refractivity contribution >= 4 is 22.5 Å². The van der Waals surface area contributed by atoms with Crippen LogP contribution in [-0.4, -0.2) is 15.0 Å². The van der Waals surface area contributed by atoms with E-state index in [1.54, 1.807) is 42.7 Å². The van der Waals surface area contributed by atoms with Gasteiger partial charge in [0.15, 0.2) is 0 Å². The topological polar surface area (TPSA) is 83.7 Å². The molecule has 0 fully saturated rings. The van der Waals surface area contributed by atoms with Crippen LogP contribution in [0.25, 0.3) is 10.9 Å². The van der Waals surface area contributed by atoms with E-state index in [9.17, 15) is 0 Å². The van der Waals surface area contributed by atoms with Crippen LogP contribution in [0.3, 0.4) is 0 Å². The van der Waals surface area contributed by atoms with E-state index in [1.807, 2.05) is 30.3 Å². The smallest absolute Gasteiger partial charge is 0.230 e. The zero-order valence-electron chi connectivity index (χ0n) is 13.6. The molecule has 0 saturated heterocycles. The molecule has 124 valence electrons. The van der Waals surface area contributed by atoms with Crippen molar-refractivity contribution in [3.63, 3.8) is 0 Å². The Hall–Kier alpha value is -3.98. The summed E-state index contributed by atoms with van der Waals surface area (Å²) in [5.74, 6) is 1.48. The first kappa shape index (κ1) is 15.5. The molecule has 0 saturated carbocycles. The number of ether oxygens (including phenoxy) is 1. The summed E-state index contributed by atoms with van der Waals surface area (Å²) in [5.41, 5.74) is 2.24. The van der Waals surface area contributed by atoms with Gasteiger partial charge in [0.1, 0.15) is 5.75 Å². The average molecular weight is 339 g/mol. The van der Waals surface area contributed by atoms with Crippen molar-refractivity contribution in [1.82, 2.24) is 15.0 Å². The van der Waals surface area contributed by atoms with Crippen LogP contribution in [0.4, 0.5) is 11.6 Å². The first-order valence-corrected chi connectivity index (χ1v) is 7.93. The molecule has 0 unspecified atom stereocenters. The number of nitrogens with one attached hydrogen (secondary N) is 1. The Balaban J connectivity index is 1.53. The lowest BCUT2D eigenvalue weighted by Crippen LogP contribution is -1.98. The minimum atomic E-state index is 0.408. The molecule has 2 heterocycles. The first-order chi connectivity index (χ1) is 12.8. The number of anilines is 2. The van der Waals surface area contributed by atoms with Crippen LogP contribution < -0.4 is 10.1 Å². The Morgan fingerprint density at radius 3 is 2.65 bits per heavy atom. The van der Waals surface area contributed by atoms with Crippen LogP contribution in [-0.2, 0) is 0 Å². The molecule has 0 aliphatic rings. The summed E-state index contributed by atoms with van der Waals surface area (Å²) in [5, 5.41) is 13.0. The number of benzene rings is 2. The van der Waals surface area contributed by atoms with Crippen LogP contribution in [0.5, 0.6) is 11.6 Å². The largest absolute Gasteiger partial charge is 0.439 e. The summed E-state index contributed by atoms with van der Waals surface area (Å²) in [6.07, 6.45) is 3.37. The zero-order chi connectivity index (χ0) is 17.8. The number of pyridine rings is 1. The van der Waals surface area contributed by atoms with Gasteiger partial charge in [-0.15, -0.1) is 0 Å². The molecule has 0 spiro atoms. The van der Waals surface area contributed by atoms with Crippen LogP contribution in [0.2, 0.25) is 0 Å². The maximum atomic E-state index is 8.84. The van der Waals surface area contributed by atoms with Crippen molar-refractivity contribution in [3.8, 4) is 17.7 Å². The van der Waals surface area contributed by atoms with E-state index < -0.39 is 0 Å². The summed E-state index contributed by atoms with van der Waals surface area (Å²) in [4.78, 5) is 12.9. The lowest BCUT2D eigenvalue weighted by molar-refractivity contribution is 0.463. The molecular formula is C20H13N5O. The number of aromatic nitrogens is 3. The average Bonchev–Trinajstić information content (AvgIpc) is 2.69. The molecule has 4 aromatic rings. The summed E-state index contributed by atoms with van der Waals surface area (Å²) < 4.78 is 5.83. The number of hydrogen-bond acceptors (Lipinski definition) is 6. The van der Waals surface area contributed by atoms with Gasteiger partial charge < -0.3 is 10.1 Å². The van der Waals surface area contributed by atoms with Gasteiger partial charge in [-0.3, -0.25) is 4.98 Å². The van der Waals surface area contributed by atoms with E-state index in [0.29, 0.717) is 23.1 Å². The normalized spacial score (nSPS) is 10.3. The molecule has 0 aliphatic carbocycles. The summed E-state index contributed by atoms with van der Waals surface area (Å²) in [6, 6.07) is 20.4. The number of hydrogen-bond donors (Lipinski definition) is 1. The SMILES string of the molecule is N#Cc1ccc(Nc2nccc(Oc3ccc4cccnc4c3)n2)cc1. The number of nitrogens with zero attached hydrogens (tertiary/aromatic N) is 4. The Labute approximate surface area is 149 Å². The van der Waals surface area contributed by atoms with Crippen LogP contribution >= 0.6 is 0 Å². The van der Waals surface area contributed by atoms with Crippen molar-refractivity contribution in [1.29, 1.82) is 5.26 Å². The third-order valence-electron chi connectivity index (χ3n) is 3.70. The summed E-state index contributed by atoms with van der Waals surface area (Å²) in [7, 11) is 0. The fraction of sp³-hybridized carbons (Fsp3) is 0. The van der Waals surface area contributed by atoms with Crippen molar-refractivity contribution in [2.75, 3.05) is 5.32 Å². The molecule has 2 aromatic carbocycles. The minimum Gasteiger partial charge on any atom is -0.439 e. The second-order valence-electron chi connectivity index (χ2n) is 5.49. The molecule has 0 aliphatic heterocycles. The van der Waals surface area contributed by atoms with Gasteiger partial charge in [-0.1, -0.05) is 6.07 Å². The molecular weight excluding hydrogens is 326 g/mol. The maximum Gasteiger partial charge on any atom is 0.230 e. The monoisotopic (exact) mass is 339 g/mol. The van der Waals surface area contributed by atoms with E-state index in [0.717, 1.165) is 16.6 Å². The number of fused-ring (bicyclic) bond motifs is 1. The van der Waals surface area contributed by atoms with Gasteiger partial charge in [0.25, 0.3) is 0 Å². The van der Waals surface area contributed by atoms with Crippen LogP contribution in [0.15, 0.2) is 73.1 Å². The molecule has 6 heteroatoms. The standard InChI is InChI=1S/C20H13N5O/c21-13-14-3-6-16(7-4-14)24-20-23-11-9-19(25-20)26-17-8-5-15-2-1-10-22-18(15)12-17/h1-12H,(H,23,24,25). The van der Waals surface area contributed by atoms with Gasteiger partial charge in [0, 0.05) is 35.6 Å². The predicted molar refractivity (Wildman–Crippen MR) is 98.3 cm³/mol. The Morgan fingerprint density at radius 2 is 1.81 bits per heavy atom. The summed E-state index contributed by atoms with van der Waals surface area (Å²) >= 11 is 0. The predicted octanol–water partition coefficient (Wildman–Crippen LogP) is 4.43. The van der Waals surface area contributed by atoms with E-state index in [1.165, 1.54) is 0 Å². The van der Waals surface area contributed by atoms with Crippen molar-refractivity contribution in [2.45, 2.75) is 0 Å². The lowest BCUT2D eigenvalue weighted by atomic mass is 10.2. The Bertz CT molecular complexity index is 1100. The lowest BCUT2D eigenvalue weighted by Gasteiger charge is -2.08. The molecule has 6 nitrogen and oxygen atoms in total. The molecule has 0 atom stereocenters. The molecule has 0 amide bonds. The fourth-order valence-electron chi connectivity index (χ4n) is 2.45. The van der Waals surface area contributed by atoms with E-state index in [4.69, 9.17) is 10.00 Å². The Kier molecular flexibility index (Phi) is 4.11. The molecule has 0 bridgehead atoms. The molecule has 0 radical (unpaired) electrons. The molecule has 1 N–H and O–H groups in total. The van der Waals surface area contributed by atoms with E-state index in [2.05, 4.69) is 26.3 Å². The quantitative estimate of drug-likeness (QED) is 0.592. The second kappa shape index (κ2) is 6.87. The van der Waals surface area contributed by atoms with Gasteiger partial charge >= 0.3 is 0 Å². The van der Waals surface area contributed by atoms with E-state index in [-0.39, 0.29) is 0 Å². The Morgan fingerprint density at radius 1 is 0.923 bits per heavy atom. The van der Waals surface area contributed by atoms with Gasteiger partial charge in [0.05, 0.1) is 17.1 Å². The van der Waals surface area contributed by atoms with Gasteiger partial charge in [-0.05, 0) is 42.5 Å². The molecule has 26 heavy (non-hydrogen) atoms. The third kappa shape index (κ3) is 3.42. The van der Waals surface area contributed by atoms with Gasteiger partial charge in [0.2, 0.25) is 11.8 Å².